The van der Waals surface area contributed by atoms with Crippen molar-refractivity contribution in [1.82, 2.24) is 0 Å². The van der Waals surface area contributed by atoms with Crippen LogP contribution in [0.1, 0.15) is 51.9 Å². The van der Waals surface area contributed by atoms with E-state index in [1.807, 2.05) is 0 Å². The maximum absolute atomic E-state index is 10.9. The van der Waals surface area contributed by atoms with Gasteiger partial charge in [-0.3, -0.25) is 4.79 Å². The van der Waals surface area contributed by atoms with Crippen LogP contribution in [0, 0.1) is 5.92 Å². The standard InChI is InChI=1S/C11H21NO/c1-9(13)11(12)8-7-10-5-3-2-4-6-10/h10-11H,2-8,12H2,1H3. The zero-order chi connectivity index (χ0) is 9.68. The Kier molecular flexibility index (Phi) is 4.43. The van der Waals surface area contributed by atoms with Crippen molar-refractivity contribution < 1.29 is 4.79 Å². The summed E-state index contributed by atoms with van der Waals surface area (Å²) in [5.41, 5.74) is 5.68. The number of rotatable bonds is 4. The molecule has 0 bridgehead atoms. The van der Waals surface area contributed by atoms with Crippen LogP contribution in [-0.4, -0.2) is 11.8 Å². The molecule has 2 nitrogen and oxygen atoms in total. The average Bonchev–Trinajstić information content (AvgIpc) is 2.15. The molecular formula is C11H21NO. The van der Waals surface area contributed by atoms with Gasteiger partial charge >= 0.3 is 0 Å². The van der Waals surface area contributed by atoms with Gasteiger partial charge in [-0.1, -0.05) is 32.1 Å². The van der Waals surface area contributed by atoms with Crippen molar-refractivity contribution in [3.63, 3.8) is 0 Å². The molecule has 0 aliphatic heterocycles. The van der Waals surface area contributed by atoms with Crippen molar-refractivity contribution >= 4 is 5.78 Å². The molecule has 1 atom stereocenters. The predicted octanol–water partition coefficient (Wildman–Crippen LogP) is 2.26. The van der Waals surface area contributed by atoms with E-state index < -0.39 is 0 Å². The predicted molar refractivity (Wildman–Crippen MR) is 54.5 cm³/mol. The first-order valence-electron chi connectivity index (χ1n) is 5.46. The third-order valence-electron chi connectivity index (χ3n) is 3.13. The number of hydrogen-bond acceptors (Lipinski definition) is 2. The monoisotopic (exact) mass is 183 g/mol. The maximum atomic E-state index is 10.9. The summed E-state index contributed by atoms with van der Waals surface area (Å²) >= 11 is 0. The van der Waals surface area contributed by atoms with Crippen LogP contribution >= 0.6 is 0 Å². The molecule has 1 unspecified atom stereocenters. The lowest BCUT2D eigenvalue weighted by Gasteiger charge is -2.22. The Hall–Kier alpha value is -0.370. The van der Waals surface area contributed by atoms with Gasteiger partial charge in [-0.15, -0.1) is 0 Å². The first-order valence-corrected chi connectivity index (χ1v) is 5.46. The van der Waals surface area contributed by atoms with Gasteiger partial charge < -0.3 is 5.73 Å². The summed E-state index contributed by atoms with van der Waals surface area (Å²) in [6.45, 7) is 1.59. The third-order valence-corrected chi connectivity index (χ3v) is 3.13. The van der Waals surface area contributed by atoms with Gasteiger partial charge in [0, 0.05) is 0 Å². The van der Waals surface area contributed by atoms with Gasteiger partial charge in [0.1, 0.15) is 5.78 Å². The van der Waals surface area contributed by atoms with Crippen molar-refractivity contribution in [1.29, 1.82) is 0 Å². The minimum Gasteiger partial charge on any atom is -0.322 e. The van der Waals surface area contributed by atoms with E-state index in [1.165, 1.54) is 32.1 Å². The third kappa shape index (κ3) is 3.90. The normalized spacial score (nSPS) is 21.4. The Morgan fingerprint density at radius 2 is 2.00 bits per heavy atom. The van der Waals surface area contributed by atoms with Crippen LogP contribution in [0.15, 0.2) is 0 Å². The summed E-state index contributed by atoms with van der Waals surface area (Å²) in [5, 5.41) is 0. The molecule has 0 amide bonds. The van der Waals surface area contributed by atoms with Crippen LogP contribution in [0.3, 0.4) is 0 Å². The molecule has 0 radical (unpaired) electrons. The fraction of sp³-hybridized carbons (Fsp3) is 0.909. The Bertz CT molecular complexity index is 161. The molecule has 1 rings (SSSR count). The molecule has 1 fully saturated rings. The lowest BCUT2D eigenvalue weighted by Crippen LogP contribution is -2.28. The second-order valence-electron chi connectivity index (χ2n) is 4.30. The van der Waals surface area contributed by atoms with Gasteiger partial charge in [0.15, 0.2) is 0 Å². The number of ketones is 1. The van der Waals surface area contributed by atoms with Crippen LogP contribution in [0.2, 0.25) is 0 Å². The zero-order valence-electron chi connectivity index (χ0n) is 8.59. The summed E-state index contributed by atoms with van der Waals surface area (Å²) in [6.07, 6.45) is 8.89. The van der Waals surface area contributed by atoms with Gasteiger partial charge in [-0.05, 0) is 25.7 Å². The summed E-state index contributed by atoms with van der Waals surface area (Å²) in [6, 6.07) is -0.207. The van der Waals surface area contributed by atoms with Gasteiger partial charge in [-0.25, -0.2) is 0 Å². The molecule has 0 heterocycles. The number of Topliss-reactive ketones (excluding diaryl/α,β-unsaturated/α-hetero) is 1. The number of nitrogens with two attached hydrogens (primary N) is 1. The summed E-state index contributed by atoms with van der Waals surface area (Å²) in [7, 11) is 0. The Morgan fingerprint density at radius 3 is 2.54 bits per heavy atom. The Balaban J connectivity index is 2.13. The Morgan fingerprint density at radius 1 is 1.38 bits per heavy atom. The minimum atomic E-state index is -0.207. The van der Waals surface area contributed by atoms with E-state index >= 15 is 0 Å². The van der Waals surface area contributed by atoms with Gasteiger partial charge in [0.2, 0.25) is 0 Å². The fourth-order valence-electron chi connectivity index (χ4n) is 2.09. The topological polar surface area (TPSA) is 43.1 Å². The first kappa shape index (κ1) is 10.7. The molecule has 2 heteroatoms. The van der Waals surface area contributed by atoms with E-state index in [1.54, 1.807) is 6.92 Å². The highest BCUT2D eigenvalue weighted by atomic mass is 16.1. The second-order valence-corrected chi connectivity index (χ2v) is 4.30. The molecule has 2 N–H and O–H groups in total. The minimum absolute atomic E-state index is 0.135. The molecule has 0 aromatic rings. The summed E-state index contributed by atoms with van der Waals surface area (Å²) in [4.78, 5) is 10.9. The molecule has 1 aliphatic rings. The first-order chi connectivity index (χ1) is 6.20. The zero-order valence-corrected chi connectivity index (χ0v) is 8.59. The fourth-order valence-corrected chi connectivity index (χ4v) is 2.09. The highest BCUT2D eigenvalue weighted by molar-refractivity contribution is 5.81. The van der Waals surface area contributed by atoms with E-state index in [0.29, 0.717) is 0 Å². The van der Waals surface area contributed by atoms with E-state index in [4.69, 9.17) is 5.73 Å². The quantitative estimate of drug-likeness (QED) is 0.726. The smallest absolute Gasteiger partial charge is 0.146 e. The largest absolute Gasteiger partial charge is 0.322 e. The SMILES string of the molecule is CC(=O)C(N)CCC1CCCCC1. The van der Waals surface area contributed by atoms with Crippen molar-refractivity contribution in [2.45, 2.75) is 57.9 Å². The van der Waals surface area contributed by atoms with Gasteiger partial charge in [0.05, 0.1) is 6.04 Å². The molecule has 13 heavy (non-hydrogen) atoms. The number of carbonyl (C=O) groups is 1. The van der Waals surface area contributed by atoms with E-state index in [0.717, 1.165) is 18.8 Å². The molecule has 0 spiro atoms. The molecule has 76 valence electrons. The number of hydrogen-bond donors (Lipinski definition) is 1. The van der Waals surface area contributed by atoms with Crippen LogP contribution in [0.4, 0.5) is 0 Å². The maximum Gasteiger partial charge on any atom is 0.146 e. The summed E-state index contributed by atoms with van der Waals surface area (Å²) in [5.74, 6) is 0.981. The molecule has 0 saturated heterocycles. The highest BCUT2D eigenvalue weighted by Gasteiger charge is 2.15. The second kappa shape index (κ2) is 5.38. The van der Waals surface area contributed by atoms with Crippen LogP contribution in [-0.2, 0) is 4.79 Å². The van der Waals surface area contributed by atoms with E-state index in [9.17, 15) is 4.79 Å². The highest BCUT2D eigenvalue weighted by Crippen LogP contribution is 2.27. The van der Waals surface area contributed by atoms with Crippen LogP contribution in [0.25, 0.3) is 0 Å². The van der Waals surface area contributed by atoms with Gasteiger partial charge in [-0.2, -0.15) is 0 Å². The van der Waals surface area contributed by atoms with Crippen molar-refractivity contribution in [3.05, 3.63) is 0 Å². The molecule has 0 aromatic heterocycles. The molecule has 1 aliphatic carbocycles. The van der Waals surface area contributed by atoms with Crippen LogP contribution < -0.4 is 5.73 Å². The summed E-state index contributed by atoms with van der Waals surface area (Å²) < 4.78 is 0. The van der Waals surface area contributed by atoms with E-state index in [-0.39, 0.29) is 11.8 Å². The van der Waals surface area contributed by atoms with E-state index in [2.05, 4.69) is 0 Å². The average molecular weight is 183 g/mol. The lowest BCUT2D eigenvalue weighted by atomic mass is 9.85. The van der Waals surface area contributed by atoms with Crippen molar-refractivity contribution in [2.75, 3.05) is 0 Å². The lowest BCUT2D eigenvalue weighted by molar-refractivity contribution is -0.118. The molecular weight excluding hydrogens is 162 g/mol. The molecule has 1 saturated carbocycles. The van der Waals surface area contributed by atoms with Crippen LogP contribution in [0.5, 0.6) is 0 Å². The van der Waals surface area contributed by atoms with Crippen molar-refractivity contribution in [3.8, 4) is 0 Å². The van der Waals surface area contributed by atoms with Crippen molar-refractivity contribution in [2.24, 2.45) is 11.7 Å². The number of carbonyl (C=O) groups excluding carboxylic acids is 1. The Labute approximate surface area is 80.9 Å². The molecule has 0 aromatic carbocycles. The van der Waals surface area contributed by atoms with Gasteiger partial charge in [0.25, 0.3) is 0 Å².